The number of benzene rings is 1. The van der Waals surface area contributed by atoms with E-state index in [0.29, 0.717) is 5.92 Å². The van der Waals surface area contributed by atoms with Gasteiger partial charge in [-0.05, 0) is 49.4 Å². The number of amides is 1. The summed E-state index contributed by atoms with van der Waals surface area (Å²) < 4.78 is 13.0. The zero-order chi connectivity index (χ0) is 13.1. The van der Waals surface area contributed by atoms with E-state index in [0.717, 1.165) is 31.4 Å². The van der Waals surface area contributed by atoms with Gasteiger partial charge in [-0.2, -0.15) is 0 Å². The fourth-order valence-corrected chi connectivity index (χ4v) is 2.60. The fourth-order valence-electron chi connectivity index (χ4n) is 2.40. The highest BCUT2D eigenvalue weighted by atomic mass is 35.5. The molecule has 1 saturated heterocycles. The molecule has 0 bridgehead atoms. The Labute approximate surface area is 111 Å². The van der Waals surface area contributed by atoms with Gasteiger partial charge < -0.3 is 11.1 Å². The number of carbonyl (C=O) groups excluding carboxylic acids is 1. The molecular formula is C13H16ClFN2O. The summed E-state index contributed by atoms with van der Waals surface area (Å²) in [6.07, 6.45) is 2.51. The number of nitrogens with two attached hydrogens (primary N) is 1. The lowest BCUT2D eigenvalue weighted by Gasteiger charge is -2.28. The van der Waals surface area contributed by atoms with Crippen LogP contribution in [0, 0.1) is 11.7 Å². The molecule has 98 valence electrons. The SMILES string of the molecule is NC(=O)C1CC(Cc2ccc(F)c(Cl)c2)CCN1. The first-order valence-electron chi connectivity index (χ1n) is 6.03. The van der Waals surface area contributed by atoms with E-state index in [9.17, 15) is 9.18 Å². The van der Waals surface area contributed by atoms with Crippen LogP contribution in [0.5, 0.6) is 0 Å². The number of nitrogens with one attached hydrogen (secondary N) is 1. The van der Waals surface area contributed by atoms with Crippen molar-refractivity contribution < 1.29 is 9.18 Å². The number of halogens is 2. The number of piperidine rings is 1. The lowest BCUT2D eigenvalue weighted by Crippen LogP contribution is -2.47. The molecule has 0 saturated carbocycles. The monoisotopic (exact) mass is 270 g/mol. The summed E-state index contributed by atoms with van der Waals surface area (Å²) in [7, 11) is 0. The average molecular weight is 271 g/mol. The van der Waals surface area contributed by atoms with Crippen molar-refractivity contribution >= 4 is 17.5 Å². The molecule has 3 N–H and O–H groups in total. The van der Waals surface area contributed by atoms with Crippen LogP contribution in [0.25, 0.3) is 0 Å². The standard InChI is InChI=1S/C13H16ClFN2O/c14-10-6-8(1-2-11(10)15)5-9-3-4-17-12(7-9)13(16)18/h1-2,6,9,12,17H,3-5,7H2,(H2,16,18). The Balaban J connectivity index is 2.00. The highest BCUT2D eigenvalue weighted by Crippen LogP contribution is 2.23. The van der Waals surface area contributed by atoms with Gasteiger partial charge in [0.2, 0.25) is 5.91 Å². The van der Waals surface area contributed by atoms with Gasteiger partial charge >= 0.3 is 0 Å². The molecule has 0 radical (unpaired) electrons. The molecule has 1 fully saturated rings. The van der Waals surface area contributed by atoms with Crippen LogP contribution in [0.3, 0.4) is 0 Å². The third kappa shape index (κ3) is 3.21. The van der Waals surface area contributed by atoms with Crippen LogP contribution in [-0.4, -0.2) is 18.5 Å². The second kappa shape index (κ2) is 5.67. The summed E-state index contributed by atoms with van der Waals surface area (Å²) >= 11 is 5.75. The molecule has 2 unspecified atom stereocenters. The third-order valence-electron chi connectivity index (χ3n) is 3.36. The first-order chi connectivity index (χ1) is 8.56. The number of carbonyl (C=O) groups is 1. The van der Waals surface area contributed by atoms with Crippen LogP contribution in [0.2, 0.25) is 5.02 Å². The van der Waals surface area contributed by atoms with Crippen molar-refractivity contribution in [2.45, 2.75) is 25.3 Å². The normalized spacial score (nSPS) is 23.9. The van der Waals surface area contributed by atoms with E-state index in [2.05, 4.69) is 5.32 Å². The van der Waals surface area contributed by atoms with E-state index in [1.54, 1.807) is 12.1 Å². The molecule has 5 heteroatoms. The van der Waals surface area contributed by atoms with Gasteiger partial charge in [-0.3, -0.25) is 4.79 Å². The minimum atomic E-state index is -0.402. The van der Waals surface area contributed by atoms with Gasteiger partial charge in [0.25, 0.3) is 0 Å². The molecule has 2 atom stereocenters. The Morgan fingerprint density at radius 2 is 2.33 bits per heavy atom. The minimum absolute atomic E-state index is 0.146. The molecule has 3 nitrogen and oxygen atoms in total. The summed E-state index contributed by atoms with van der Waals surface area (Å²) in [6.45, 7) is 0.785. The van der Waals surface area contributed by atoms with E-state index in [1.165, 1.54) is 6.07 Å². The smallest absolute Gasteiger partial charge is 0.234 e. The van der Waals surface area contributed by atoms with Crippen LogP contribution in [0.4, 0.5) is 4.39 Å². The minimum Gasteiger partial charge on any atom is -0.368 e. The Morgan fingerprint density at radius 1 is 1.56 bits per heavy atom. The first-order valence-corrected chi connectivity index (χ1v) is 6.40. The number of rotatable bonds is 3. The molecule has 2 rings (SSSR count). The molecule has 18 heavy (non-hydrogen) atoms. The van der Waals surface area contributed by atoms with E-state index in [4.69, 9.17) is 17.3 Å². The van der Waals surface area contributed by atoms with Crippen LogP contribution < -0.4 is 11.1 Å². The molecular weight excluding hydrogens is 255 g/mol. The number of hydrogen-bond donors (Lipinski definition) is 2. The molecule has 1 heterocycles. The van der Waals surface area contributed by atoms with Gasteiger partial charge in [-0.25, -0.2) is 4.39 Å². The van der Waals surface area contributed by atoms with Crippen molar-refractivity contribution in [3.63, 3.8) is 0 Å². The maximum atomic E-state index is 13.0. The predicted molar refractivity (Wildman–Crippen MR) is 68.8 cm³/mol. The van der Waals surface area contributed by atoms with E-state index in [-0.39, 0.29) is 17.0 Å². The highest BCUT2D eigenvalue weighted by Gasteiger charge is 2.25. The van der Waals surface area contributed by atoms with Crippen molar-refractivity contribution in [3.05, 3.63) is 34.6 Å². The quantitative estimate of drug-likeness (QED) is 0.881. The second-order valence-electron chi connectivity index (χ2n) is 4.75. The summed E-state index contributed by atoms with van der Waals surface area (Å²) in [4.78, 5) is 11.1. The zero-order valence-corrected chi connectivity index (χ0v) is 10.7. The van der Waals surface area contributed by atoms with Crippen molar-refractivity contribution in [3.8, 4) is 0 Å². The molecule has 0 aliphatic carbocycles. The van der Waals surface area contributed by atoms with Crippen molar-refractivity contribution in [2.75, 3.05) is 6.54 Å². The number of primary amides is 1. The van der Waals surface area contributed by atoms with Gasteiger partial charge in [-0.15, -0.1) is 0 Å². The van der Waals surface area contributed by atoms with Crippen LogP contribution in [-0.2, 0) is 11.2 Å². The van der Waals surface area contributed by atoms with Gasteiger partial charge in [0.05, 0.1) is 11.1 Å². The topological polar surface area (TPSA) is 55.1 Å². The summed E-state index contributed by atoms with van der Waals surface area (Å²) in [5.41, 5.74) is 6.29. The predicted octanol–water partition coefficient (Wildman–Crippen LogP) is 1.88. The molecule has 1 aromatic rings. The first kappa shape index (κ1) is 13.3. The Morgan fingerprint density at radius 3 is 3.00 bits per heavy atom. The van der Waals surface area contributed by atoms with Crippen molar-refractivity contribution in [2.24, 2.45) is 11.7 Å². The summed E-state index contributed by atoms with van der Waals surface area (Å²) in [5.74, 6) is -0.331. The van der Waals surface area contributed by atoms with Gasteiger partial charge in [-0.1, -0.05) is 17.7 Å². The Hall–Kier alpha value is -1.13. The third-order valence-corrected chi connectivity index (χ3v) is 3.65. The fraction of sp³-hybridized carbons (Fsp3) is 0.462. The molecule has 0 spiro atoms. The number of hydrogen-bond acceptors (Lipinski definition) is 2. The molecule has 1 aromatic carbocycles. The summed E-state index contributed by atoms with van der Waals surface area (Å²) in [6, 6.07) is 4.52. The Kier molecular flexibility index (Phi) is 4.19. The Bertz CT molecular complexity index is 453. The van der Waals surface area contributed by atoms with E-state index >= 15 is 0 Å². The largest absolute Gasteiger partial charge is 0.368 e. The molecule has 1 aliphatic rings. The summed E-state index contributed by atoms with van der Waals surface area (Å²) in [5, 5.41) is 3.24. The molecule has 0 aromatic heterocycles. The molecule has 1 aliphatic heterocycles. The van der Waals surface area contributed by atoms with Gasteiger partial charge in [0.15, 0.2) is 0 Å². The lowest BCUT2D eigenvalue weighted by molar-refractivity contribution is -0.120. The molecule has 1 amide bonds. The maximum Gasteiger partial charge on any atom is 0.234 e. The lowest BCUT2D eigenvalue weighted by atomic mass is 9.87. The zero-order valence-electron chi connectivity index (χ0n) is 9.96. The van der Waals surface area contributed by atoms with E-state index in [1.807, 2.05) is 0 Å². The van der Waals surface area contributed by atoms with Gasteiger partial charge in [0, 0.05) is 0 Å². The van der Waals surface area contributed by atoms with E-state index < -0.39 is 5.82 Å². The average Bonchev–Trinajstić information content (AvgIpc) is 2.34. The van der Waals surface area contributed by atoms with Crippen LogP contribution >= 0.6 is 11.6 Å². The van der Waals surface area contributed by atoms with Crippen LogP contribution in [0.15, 0.2) is 18.2 Å². The van der Waals surface area contributed by atoms with Crippen molar-refractivity contribution in [1.29, 1.82) is 0 Å². The second-order valence-corrected chi connectivity index (χ2v) is 5.16. The maximum absolute atomic E-state index is 13.0. The van der Waals surface area contributed by atoms with Gasteiger partial charge in [0.1, 0.15) is 5.82 Å². The van der Waals surface area contributed by atoms with Crippen LogP contribution in [0.1, 0.15) is 18.4 Å². The van der Waals surface area contributed by atoms with Crippen molar-refractivity contribution in [1.82, 2.24) is 5.32 Å². The highest BCUT2D eigenvalue weighted by molar-refractivity contribution is 6.30.